The van der Waals surface area contributed by atoms with Crippen LogP contribution in [0.25, 0.3) is 22.4 Å². The van der Waals surface area contributed by atoms with Crippen LogP contribution in [0.1, 0.15) is 5.76 Å². The van der Waals surface area contributed by atoms with E-state index in [4.69, 9.17) is 16.0 Å². The Labute approximate surface area is 154 Å². The molecule has 0 spiro atoms. The molecule has 3 N–H and O–H groups in total. The van der Waals surface area contributed by atoms with E-state index in [-0.39, 0.29) is 18.1 Å². The lowest BCUT2D eigenvalue weighted by Gasteiger charge is -2.04. The lowest BCUT2D eigenvalue weighted by atomic mass is 10.2. The van der Waals surface area contributed by atoms with Gasteiger partial charge in [-0.15, -0.1) is 12.4 Å². The third-order valence-electron chi connectivity index (χ3n) is 3.75. The molecule has 0 unspecified atom stereocenters. The van der Waals surface area contributed by atoms with E-state index in [0.29, 0.717) is 11.6 Å². The highest BCUT2D eigenvalue weighted by Gasteiger charge is 2.06. The van der Waals surface area contributed by atoms with Crippen molar-refractivity contribution in [2.45, 2.75) is 6.54 Å². The van der Waals surface area contributed by atoms with Crippen LogP contribution in [0.3, 0.4) is 0 Å². The molecule has 0 atom stereocenters. The van der Waals surface area contributed by atoms with Gasteiger partial charge in [0.1, 0.15) is 11.5 Å². The summed E-state index contributed by atoms with van der Waals surface area (Å²) in [5.74, 6) is 1.59. The number of aromatic nitrogens is 2. The van der Waals surface area contributed by atoms with E-state index in [9.17, 15) is 4.79 Å². The maximum atomic E-state index is 11.3. The minimum atomic E-state index is -0.209. The van der Waals surface area contributed by atoms with Crippen molar-refractivity contribution in [3.8, 4) is 11.3 Å². The normalized spacial score (nSPS) is 10.6. The zero-order valence-corrected chi connectivity index (χ0v) is 14.6. The van der Waals surface area contributed by atoms with Gasteiger partial charge < -0.3 is 19.7 Å². The molecular weight excluding hydrogens is 361 g/mol. The summed E-state index contributed by atoms with van der Waals surface area (Å²) >= 11 is 6.01. The van der Waals surface area contributed by atoms with Crippen LogP contribution < -0.4 is 11.0 Å². The summed E-state index contributed by atoms with van der Waals surface area (Å²) in [6.07, 6.45) is 0. The minimum Gasteiger partial charge on any atom is -0.459 e. The van der Waals surface area contributed by atoms with Crippen LogP contribution in [-0.2, 0) is 6.54 Å². The number of fused-ring (bicyclic) bond motifs is 1. The molecule has 128 valence electrons. The first kappa shape index (κ1) is 17.2. The standard InChI is InChI=1S/C18H14ClN3O2.ClH/c19-12-3-1-2-11(8-12)17-7-5-14(24-17)10-20-13-4-6-15-16(9-13)22-18(23)21-15;/h1-9,20H,10H2,(H2,21,22,23);1H. The number of rotatable bonds is 4. The highest BCUT2D eigenvalue weighted by Crippen LogP contribution is 2.25. The van der Waals surface area contributed by atoms with Crippen molar-refractivity contribution in [3.05, 3.63) is 75.9 Å². The fourth-order valence-electron chi connectivity index (χ4n) is 2.60. The van der Waals surface area contributed by atoms with Gasteiger partial charge in [-0.25, -0.2) is 4.79 Å². The number of nitrogens with one attached hydrogen (secondary N) is 3. The predicted octanol–water partition coefficient (Wildman–Crippen LogP) is 4.80. The molecule has 2 aromatic heterocycles. The van der Waals surface area contributed by atoms with Crippen molar-refractivity contribution in [1.82, 2.24) is 9.97 Å². The third-order valence-corrected chi connectivity index (χ3v) is 3.99. The highest BCUT2D eigenvalue weighted by atomic mass is 35.5. The summed E-state index contributed by atoms with van der Waals surface area (Å²) in [6.45, 7) is 0.542. The first-order valence-electron chi connectivity index (χ1n) is 7.48. The molecule has 0 aliphatic heterocycles. The van der Waals surface area contributed by atoms with Crippen molar-refractivity contribution in [2.75, 3.05) is 5.32 Å². The number of furan rings is 1. The first-order valence-corrected chi connectivity index (χ1v) is 7.86. The second kappa shape index (κ2) is 7.09. The third kappa shape index (κ3) is 3.73. The van der Waals surface area contributed by atoms with E-state index in [1.807, 2.05) is 54.6 Å². The van der Waals surface area contributed by atoms with Gasteiger partial charge in [-0.2, -0.15) is 0 Å². The van der Waals surface area contributed by atoms with Gasteiger partial charge >= 0.3 is 5.69 Å². The molecular formula is C18H15Cl2N3O2. The fourth-order valence-corrected chi connectivity index (χ4v) is 2.79. The molecule has 0 fully saturated rings. The number of H-pyrrole nitrogens is 2. The zero-order chi connectivity index (χ0) is 16.5. The summed E-state index contributed by atoms with van der Waals surface area (Å²) in [4.78, 5) is 16.7. The van der Waals surface area contributed by atoms with Crippen LogP contribution in [0.2, 0.25) is 5.02 Å². The Hall–Kier alpha value is -2.63. The number of hydrogen-bond acceptors (Lipinski definition) is 3. The van der Waals surface area contributed by atoms with Gasteiger partial charge in [0.05, 0.1) is 17.6 Å². The fraction of sp³-hybridized carbons (Fsp3) is 0.0556. The van der Waals surface area contributed by atoms with Crippen LogP contribution in [-0.4, -0.2) is 9.97 Å². The Bertz CT molecular complexity index is 1070. The van der Waals surface area contributed by atoms with E-state index in [1.165, 1.54) is 0 Å². The van der Waals surface area contributed by atoms with Crippen molar-refractivity contribution >= 4 is 40.7 Å². The van der Waals surface area contributed by atoms with Crippen molar-refractivity contribution < 1.29 is 4.42 Å². The van der Waals surface area contributed by atoms with Gasteiger partial charge in [0.15, 0.2) is 0 Å². The van der Waals surface area contributed by atoms with Crippen molar-refractivity contribution in [2.24, 2.45) is 0 Å². The molecule has 0 aliphatic rings. The number of benzene rings is 2. The topological polar surface area (TPSA) is 73.8 Å². The summed E-state index contributed by atoms with van der Waals surface area (Å²) in [6, 6.07) is 17.1. The molecule has 0 saturated heterocycles. The summed E-state index contributed by atoms with van der Waals surface area (Å²) in [7, 11) is 0. The monoisotopic (exact) mass is 375 g/mol. The van der Waals surface area contributed by atoms with Crippen molar-refractivity contribution in [1.29, 1.82) is 0 Å². The van der Waals surface area contributed by atoms with E-state index in [0.717, 1.165) is 33.8 Å². The van der Waals surface area contributed by atoms with Crippen LogP contribution in [0.5, 0.6) is 0 Å². The molecule has 0 bridgehead atoms. The summed E-state index contributed by atoms with van der Waals surface area (Å²) in [5.41, 5.74) is 3.19. The molecule has 0 amide bonds. The van der Waals surface area contributed by atoms with Crippen LogP contribution in [0, 0.1) is 0 Å². The van der Waals surface area contributed by atoms with E-state index in [1.54, 1.807) is 0 Å². The summed E-state index contributed by atoms with van der Waals surface area (Å²) in [5, 5.41) is 3.96. The molecule has 0 saturated carbocycles. The number of hydrogen-bond donors (Lipinski definition) is 3. The van der Waals surface area contributed by atoms with Crippen LogP contribution >= 0.6 is 24.0 Å². The average molecular weight is 376 g/mol. The van der Waals surface area contributed by atoms with Crippen molar-refractivity contribution in [3.63, 3.8) is 0 Å². The largest absolute Gasteiger partial charge is 0.459 e. The Kier molecular flexibility index (Phi) is 4.88. The quantitative estimate of drug-likeness (QED) is 0.479. The Morgan fingerprint density at radius 2 is 1.84 bits per heavy atom. The Morgan fingerprint density at radius 3 is 2.68 bits per heavy atom. The van der Waals surface area contributed by atoms with Gasteiger partial charge in [-0.05, 0) is 42.5 Å². The SMILES string of the molecule is Cl.O=c1[nH]c2ccc(NCc3ccc(-c4cccc(Cl)c4)o3)cc2[nH]1. The van der Waals surface area contributed by atoms with Gasteiger partial charge in [0.25, 0.3) is 0 Å². The second-order valence-corrected chi connectivity index (χ2v) is 5.91. The van der Waals surface area contributed by atoms with Crippen LogP contribution in [0.4, 0.5) is 5.69 Å². The molecule has 4 rings (SSSR count). The predicted molar refractivity (Wildman–Crippen MR) is 103 cm³/mol. The highest BCUT2D eigenvalue weighted by molar-refractivity contribution is 6.30. The van der Waals surface area contributed by atoms with Gasteiger partial charge in [0, 0.05) is 16.3 Å². The zero-order valence-electron chi connectivity index (χ0n) is 13.0. The maximum Gasteiger partial charge on any atom is 0.323 e. The molecule has 2 heterocycles. The second-order valence-electron chi connectivity index (χ2n) is 5.47. The number of aromatic amines is 2. The van der Waals surface area contributed by atoms with Gasteiger partial charge in [0.2, 0.25) is 0 Å². The molecule has 5 nitrogen and oxygen atoms in total. The minimum absolute atomic E-state index is 0. The number of halogens is 2. The molecule has 7 heteroatoms. The summed E-state index contributed by atoms with van der Waals surface area (Å²) < 4.78 is 5.85. The van der Waals surface area contributed by atoms with Crippen LogP contribution in [0.15, 0.2) is 63.8 Å². The Balaban J connectivity index is 0.00000182. The smallest absolute Gasteiger partial charge is 0.323 e. The van der Waals surface area contributed by atoms with E-state index < -0.39 is 0 Å². The molecule has 0 radical (unpaired) electrons. The lowest BCUT2D eigenvalue weighted by molar-refractivity contribution is 0.531. The first-order chi connectivity index (χ1) is 11.7. The lowest BCUT2D eigenvalue weighted by Crippen LogP contribution is -1.99. The number of imidazole rings is 1. The molecule has 4 aromatic rings. The van der Waals surface area contributed by atoms with E-state index >= 15 is 0 Å². The average Bonchev–Trinajstić information content (AvgIpc) is 3.18. The van der Waals surface area contributed by atoms with E-state index in [2.05, 4.69) is 15.3 Å². The molecule has 0 aliphatic carbocycles. The Morgan fingerprint density at radius 1 is 1.00 bits per heavy atom. The molecule has 2 aromatic carbocycles. The number of anilines is 1. The molecule has 25 heavy (non-hydrogen) atoms. The van der Waals surface area contributed by atoms with Gasteiger partial charge in [-0.1, -0.05) is 23.7 Å². The maximum absolute atomic E-state index is 11.3. The van der Waals surface area contributed by atoms with Gasteiger partial charge in [-0.3, -0.25) is 0 Å².